The first kappa shape index (κ1) is 24.4. The lowest BCUT2D eigenvalue weighted by Gasteiger charge is -2.21. The van der Waals surface area contributed by atoms with E-state index in [2.05, 4.69) is 25.9 Å². The van der Waals surface area contributed by atoms with Crippen LogP contribution in [-0.4, -0.2) is 73.0 Å². The van der Waals surface area contributed by atoms with Gasteiger partial charge in [-0.2, -0.15) is 0 Å². The molecule has 0 aromatic heterocycles. The fourth-order valence-electron chi connectivity index (χ4n) is 0.798. The molecule has 0 amide bonds. The summed E-state index contributed by atoms with van der Waals surface area (Å²) in [5.41, 5.74) is 0. The number of hydrogen-bond donors (Lipinski definition) is 2. The zero-order chi connectivity index (χ0) is 17.6. The molecule has 0 fully saturated rings. The van der Waals surface area contributed by atoms with Crippen molar-refractivity contribution in [3.63, 3.8) is 0 Å². The molecule has 0 bridgehead atoms. The highest BCUT2D eigenvalue weighted by Crippen LogP contribution is 1.95. The molecule has 0 spiro atoms. The van der Waals surface area contributed by atoms with E-state index in [1.54, 1.807) is 6.92 Å². The second-order valence-electron chi connectivity index (χ2n) is 5.08. The molecule has 0 aromatic rings. The topological polar surface area (TPSA) is 124 Å². The molecule has 21 heavy (non-hydrogen) atoms. The van der Waals surface area contributed by atoms with Crippen molar-refractivity contribution in [2.24, 2.45) is 0 Å². The molecule has 1 atom stereocenters. The van der Waals surface area contributed by atoms with Gasteiger partial charge < -0.3 is 29.3 Å². The van der Waals surface area contributed by atoms with Gasteiger partial charge >= 0.3 is 5.97 Å². The molecule has 1 unspecified atom stereocenters. The fraction of sp³-hybridized carbons (Fsp3) is 0.769. The predicted octanol–water partition coefficient (Wildman–Crippen LogP) is -1.15. The minimum Gasteiger partial charge on any atom is -0.546 e. The van der Waals surface area contributed by atoms with Crippen LogP contribution in [0.4, 0.5) is 0 Å². The number of carbonyl (C=O) groups is 3. The maximum Gasteiger partial charge on any atom is 0.303 e. The van der Waals surface area contributed by atoms with Gasteiger partial charge in [0.2, 0.25) is 0 Å². The van der Waals surface area contributed by atoms with E-state index in [0.29, 0.717) is 0 Å². The zero-order valence-electron chi connectivity index (χ0n) is 13.6. The van der Waals surface area contributed by atoms with Crippen LogP contribution < -0.4 is 5.11 Å². The summed E-state index contributed by atoms with van der Waals surface area (Å²) in [6, 6.07) is 0. The van der Waals surface area contributed by atoms with Crippen LogP contribution in [0.5, 0.6) is 0 Å². The van der Waals surface area contributed by atoms with Crippen molar-refractivity contribution in [2.75, 3.05) is 34.3 Å². The summed E-state index contributed by atoms with van der Waals surface area (Å²) in [4.78, 5) is 29.3. The number of nitrogens with zero attached hydrogens (tertiary/aromatic N) is 1. The Kier molecular flexibility index (Phi) is 15.4. The van der Waals surface area contributed by atoms with Crippen LogP contribution in [0.15, 0.2) is 0 Å². The van der Waals surface area contributed by atoms with E-state index in [-0.39, 0.29) is 13.0 Å². The van der Waals surface area contributed by atoms with E-state index in [1.165, 1.54) is 0 Å². The fourth-order valence-corrected chi connectivity index (χ4v) is 0.798. The molecular weight excluding hydrogens is 282 g/mol. The Morgan fingerprint density at radius 2 is 1.57 bits per heavy atom. The van der Waals surface area contributed by atoms with Crippen LogP contribution >= 0.6 is 0 Å². The third kappa shape index (κ3) is 32.2. The minimum atomic E-state index is -1.35. The smallest absolute Gasteiger partial charge is 0.303 e. The molecule has 0 aliphatic rings. The van der Waals surface area contributed by atoms with E-state index in [0.717, 1.165) is 24.9 Å². The Labute approximate surface area is 125 Å². The van der Waals surface area contributed by atoms with Crippen molar-refractivity contribution in [3.05, 3.63) is 0 Å². The molecule has 0 saturated heterocycles. The highest BCUT2D eigenvalue weighted by Gasteiger charge is 2.09. The summed E-state index contributed by atoms with van der Waals surface area (Å²) >= 11 is 0. The van der Waals surface area contributed by atoms with Gasteiger partial charge in [-0.05, 0) is 6.42 Å². The van der Waals surface area contributed by atoms with Gasteiger partial charge in [-0.1, -0.05) is 6.92 Å². The number of likely N-dealkylation sites (N-methyl/N-ethyl adjacent to an activating group) is 1. The first-order valence-corrected chi connectivity index (χ1v) is 6.36. The highest BCUT2D eigenvalue weighted by molar-refractivity contribution is 5.75. The van der Waals surface area contributed by atoms with Gasteiger partial charge in [-0.15, -0.1) is 0 Å². The van der Waals surface area contributed by atoms with E-state index in [4.69, 9.17) is 15.0 Å². The Morgan fingerprint density at radius 3 is 1.62 bits per heavy atom. The van der Waals surface area contributed by atoms with Crippen LogP contribution in [0.1, 0.15) is 27.2 Å². The number of quaternary nitrogens is 1. The summed E-state index contributed by atoms with van der Waals surface area (Å²) in [7, 11) is 6.16. The Hall–Kier alpha value is -1.67. The first-order chi connectivity index (χ1) is 9.37. The van der Waals surface area contributed by atoms with Crippen molar-refractivity contribution < 1.29 is 38.9 Å². The lowest BCUT2D eigenvalue weighted by Crippen LogP contribution is -2.37. The molecule has 0 radical (unpaired) electrons. The number of carboxylic acids is 2. The summed E-state index contributed by atoms with van der Waals surface area (Å²) in [5.74, 6) is -2.78. The number of esters is 1. The zero-order valence-corrected chi connectivity index (χ0v) is 13.6. The summed E-state index contributed by atoms with van der Waals surface area (Å²) in [6.07, 6.45) is -0.862. The van der Waals surface area contributed by atoms with Gasteiger partial charge in [0, 0.05) is 13.8 Å². The standard InChI is InChI=1S/C6H10O4.C5H14NO.C2H4O2/c1-3-5(6(8)9)10-4(2)7;1-6(2,3)4-5-7;1-2(3)4/h5H,3H2,1-2H3,(H,8,9);7H,4-5H2,1-3H3;1H3,(H,3,4)/q;+1;/p-1. The highest BCUT2D eigenvalue weighted by atomic mass is 16.6. The Balaban J connectivity index is -0.000000256. The molecule has 126 valence electrons. The maximum atomic E-state index is 10.2. The number of aliphatic hydroxyl groups is 1. The largest absolute Gasteiger partial charge is 0.546 e. The monoisotopic (exact) mass is 309 g/mol. The van der Waals surface area contributed by atoms with E-state index < -0.39 is 24.0 Å². The second kappa shape index (κ2) is 13.3. The first-order valence-electron chi connectivity index (χ1n) is 6.36. The maximum absolute atomic E-state index is 10.2. The van der Waals surface area contributed by atoms with Crippen molar-refractivity contribution in [1.29, 1.82) is 0 Å². The van der Waals surface area contributed by atoms with Crippen LogP contribution in [0.25, 0.3) is 0 Å². The number of rotatable bonds is 5. The third-order valence-electron chi connectivity index (χ3n) is 1.71. The minimum absolute atomic E-state index is 0.238. The summed E-state index contributed by atoms with van der Waals surface area (Å²) < 4.78 is 5.20. The van der Waals surface area contributed by atoms with Crippen LogP contribution in [0.3, 0.4) is 0 Å². The number of aliphatic carboxylic acids is 2. The molecule has 8 nitrogen and oxygen atoms in total. The van der Waals surface area contributed by atoms with Crippen molar-refractivity contribution in [1.82, 2.24) is 0 Å². The van der Waals surface area contributed by atoms with Gasteiger partial charge in [0.15, 0.2) is 0 Å². The Morgan fingerprint density at radius 1 is 1.19 bits per heavy atom. The summed E-state index contributed by atoms with van der Waals surface area (Å²) in [6.45, 7) is 4.96. The molecule has 0 saturated carbocycles. The number of ether oxygens (including phenoxy) is 1. The molecule has 0 heterocycles. The van der Waals surface area contributed by atoms with Crippen molar-refractivity contribution in [3.8, 4) is 0 Å². The van der Waals surface area contributed by atoms with Crippen LogP contribution in [0.2, 0.25) is 0 Å². The Bertz CT molecular complexity index is 306. The normalized spacial score (nSPS) is 11.0. The van der Waals surface area contributed by atoms with Crippen LogP contribution in [0, 0.1) is 0 Å². The average Bonchev–Trinajstić information content (AvgIpc) is 2.23. The number of carbonyl (C=O) groups excluding carboxylic acids is 2. The number of aliphatic hydroxyl groups excluding tert-OH is 1. The van der Waals surface area contributed by atoms with Gasteiger partial charge in [0.25, 0.3) is 5.97 Å². The molecule has 2 N–H and O–H groups in total. The lowest BCUT2D eigenvalue weighted by molar-refractivity contribution is -0.870. The quantitative estimate of drug-likeness (QED) is 0.485. The van der Waals surface area contributed by atoms with E-state index >= 15 is 0 Å². The lowest BCUT2D eigenvalue weighted by atomic mass is 10.3. The molecule has 0 aliphatic carbocycles. The van der Waals surface area contributed by atoms with Gasteiger partial charge in [-0.3, -0.25) is 9.59 Å². The average molecular weight is 309 g/mol. The van der Waals surface area contributed by atoms with Crippen molar-refractivity contribution in [2.45, 2.75) is 33.3 Å². The molecule has 0 aliphatic heterocycles. The van der Waals surface area contributed by atoms with Crippen molar-refractivity contribution >= 4 is 17.9 Å². The van der Waals surface area contributed by atoms with E-state index in [9.17, 15) is 14.7 Å². The second-order valence-corrected chi connectivity index (χ2v) is 5.08. The molecule has 0 aromatic carbocycles. The van der Waals surface area contributed by atoms with Gasteiger partial charge in [0.05, 0.1) is 33.7 Å². The van der Waals surface area contributed by atoms with Crippen LogP contribution in [-0.2, 0) is 19.1 Å². The molecule has 8 heteroatoms. The third-order valence-corrected chi connectivity index (χ3v) is 1.71. The molecule has 0 rings (SSSR count). The number of carboxylic acid groups (broad SMARTS) is 2. The number of hydrogen-bond acceptors (Lipinski definition) is 6. The van der Waals surface area contributed by atoms with Gasteiger partial charge in [-0.25, -0.2) is 0 Å². The molecular formula is C13H27NO7. The SMILES string of the molecule is CC(=O)O.CCC(OC(C)=O)C(=O)[O-].C[N+](C)(C)CCO. The predicted molar refractivity (Wildman–Crippen MR) is 74.1 cm³/mol. The van der Waals surface area contributed by atoms with Gasteiger partial charge in [0.1, 0.15) is 12.6 Å². The summed E-state index contributed by atoms with van der Waals surface area (Å²) in [5, 5.41) is 25.9. The van der Waals surface area contributed by atoms with E-state index in [1.807, 2.05) is 0 Å².